The molecular formula is C21H16N4O5S. The van der Waals surface area contributed by atoms with Crippen LogP contribution in [0, 0.1) is 11.3 Å². The number of carbonyl (C=O) groups is 3. The molecule has 0 saturated carbocycles. The van der Waals surface area contributed by atoms with E-state index < -0.39 is 33.8 Å². The van der Waals surface area contributed by atoms with Gasteiger partial charge in [-0.25, -0.2) is 8.42 Å². The summed E-state index contributed by atoms with van der Waals surface area (Å²) in [5, 5.41) is 11.7. The molecule has 0 aliphatic carbocycles. The van der Waals surface area contributed by atoms with Gasteiger partial charge in [0.05, 0.1) is 16.7 Å². The smallest absolute Gasteiger partial charge is 0.263 e. The Hall–Kier alpha value is -3.97. The lowest BCUT2D eigenvalue weighted by atomic mass is 10.0. The zero-order valence-corrected chi connectivity index (χ0v) is 16.9. The topological polar surface area (TPSA) is 136 Å². The molecule has 1 unspecified atom stereocenters. The van der Waals surface area contributed by atoms with Crippen molar-refractivity contribution in [3.05, 3.63) is 71.4 Å². The number of fused-ring (bicyclic) bond motifs is 1. The summed E-state index contributed by atoms with van der Waals surface area (Å²) < 4.78 is 27.8. The standard InChI is InChI=1S/C21H16N4O5S/c1-12-6-9-17(19(26)23-12)25-20(27)15-8-7-14(10-16(15)21(25)28)24-31(29,30)18-5-3-2-4-13(18)11-22/h2-5,7-8,10,17,24H,1,6,9H2,(H,23,26). The second-order valence-electron chi connectivity index (χ2n) is 7.10. The Labute approximate surface area is 178 Å². The van der Waals surface area contributed by atoms with Crippen molar-refractivity contribution in [2.45, 2.75) is 23.8 Å². The third-order valence-corrected chi connectivity index (χ3v) is 6.54. The van der Waals surface area contributed by atoms with Crippen LogP contribution in [0.2, 0.25) is 0 Å². The van der Waals surface area contributed by atoms with E-state index in [2.05, 4.69) is 16.6 Å². The number of anilines is 1. The zero-order chi connectivity index (χ0) is 22.3. The molecule has 156 valence electrons. The van der Waals surface area contributed by atoms with Gasteiger partial charge in [-0.3, -0.25) is 24.0 Å². The zero-order valence-electron chi connectivity index (χ0n) is 16.1. The summed E-state index contributed by atoms with van der Waals surface area (Å²) in [6.45, 7) is 3.68. The van der Waals surface area contributed by atoms with Crippen molar-refractivity contribution in [1.29, 1.82) is 5.26 Å². The van der Waals surface area contributed by atoms with Gasteiger partial charge in [-0.2, -0.15) is 5.26 Å². The van der Waals surface area contributed by atoms with Gasteiger partial charge < -0.3 is 5.32 Å². The monoisotopic (exact) mass is 436 g/mol. The van der Waals surface area contributed by atoms with Crippen molar-refractivity contribution < 1.29 is 22.8 Å². The Morgan fingerprint density at radius 1 is 1.10 bits per heavy atom. The summed E-state index contributed by atoms with van der Waals surface area (Å²) in [5.74, 6) is -1.78. The van der Waals surface area contributed by atoms with E-state index in [1.165, 1.54) is 36.4 Å². The predicted octanol–water partition coefficient (Wildman–Crippen LogP) is 1.75. The first-order chi connectivity index (χ1) is 14.7. The van der Waals surface area contributed by atoms with Gasteiger partial charge in [0, 0.05) is 11.4 Å². The van der Waals surface area contributed by atoms with E-state index in [-0.39, 0.29) is 33.7 Å². The minimum atomic E-state index is -4.11. The van der Waals surface area contributed by atoms with Crippen molar-refractivity contribution in [3.63, 3.8) is 0 Å². The molecule has 2 aromatic rings. The number of hydrogen-bond donors (Lipinski definition) is 2. The number of amides is 3. The first-order valence-corrected chi connectivity index (χ1v) is 10.7. The highest BCUT2D eigenvalue weighted by Crippen LogP contribution is 2.31. The molecule has 4 rings (SSSR count). The molecular weight excluding hydrogens is 420 g/mol. The van der Waals surface area contributed by atoms with E-state index in [0.29, 0.717) is 12.1 Å². The fourth-order valence-corrected chi connectivity index (χ4v) is 4.83. The number of piperidine rings is 1. The van der Waals surface area contributed by atoms with Crippen molar-refractivity contribution in [1.82, 2.24) is 10.2 Å². The fourth-order valence-electron chi connectivity index (χ4n) is 3.62. The molecule has 1 fully saturated rings. The van der Waals surface area contributed by atoms with Gasteiger partial charge in [0.1, 0.15) is 17.0 Å². The maximum atomic E-state index is 12.9. The van der Waals surface area contributed by atoms with Crippen LogP contribution < -0.4 is 10.0 Å². The lowest BCUT2D eigenvalue weighted by Crippen LogP contribution is -2.51. The molecule has 0 radical (unpaired) electrons. The number of hydrogen-bond acceptors (Lipinski definition) is 6. The SMILES string of the molecule is C=C1CCC(N2C(=O)c3ccc(NS(=O)(=O)c4ccccc4C#N)cc3C2=O)C(=O)N1. The quantitative estimate of drug-likeness (QED) is 0.701. The summed E-state index contributed by atoms with van der Waals surface area (Å²) in [5.41, 5.74) is 0.625. The Kier molecular flexibility index (Phi) is 4.83. The molecule has 0 aromatic heterocycles. The minimum absolute atomic E-state index is 0.00373. The van der Waals surface area contributed by atoms with E-state index in [4.69, 9.17) is 5.26 Å². The highest BCUT2D eigenvalue weighted by molar-refractivity contribution is 7.92. The molecule has 0 bridgehead atoms. The van der Waals surface area contributed by atoms with Crippen LogP contribution in [0.3, 0.4) is 0 Å². The maximum absolute atomic E-state index is 12.9. The summed E-state index contributed by atoms with van der Waals surface area (Å²) in [6, 6.07) is 10.5. The van der Waals surface area contributed by atoms with Crippen LogP contribution in [-0.4, -0.2) is 37.1 Å². The Morgan fingerprint density at radius 2 is 1.81 bits per heavy atom. The molecule has 2 aromatic carbocycles. The van der Waals surface area contributed by atoms with E-state index in [0.717, 1.165) is 4.90 Å². The lowest BCUT2D eigenvalue weighted by Gasteiger charge is -2.29. The molecule has 31 heavy (non-hydrogen) atoms. The number of nitriles is 1. The molecule has 1 atom stereocenters. The van der Waals surface area contributed by atoms with Crippen LogP contribution in [0.25, 0.3) is 0 Å². The number of nitrogens with zero attached hydrogens (tertiary/aromatic N) is 2. The molecule has 3 amide bonds. The number of rotatable bonds is 4. The van der Waals surface area contributed by atoms with E-state index in [9.17, 15) is 22.8 Å². The van der Waals surface area contributed by atoms with Crippen LogP contribution in [0.1, 0.15) is 39.1 Å². The summed E-state index contributed by atoms with van der Waals surface area (Å²) in [4.78, 5) is 38.6. The van der Waals surface area contributed by atoms with Gasteiger partial charge in [-0.05, 0) is 43.2 Å². The summed E-state index contributed by atoms with van der Waals surface area (Å²) in [6.07, 6.45) is 0.702. The second-order valence-corrected chi connectivity index (χ2v) is 8.75. The summed E-state index contributed by atoms with van der Waals surface area (Å²) >= 11 is 0. The maximum Gasteiger partial charge on any atom is 0.263 e. The molecule has 10 heteroatoms. The number of imide groups is 1. The van der Waals surface area contributed by atoms with E-state index in [1.54, 1.807) is 6.07 Å². The van der Waals surface area contributed by atoms with Gasteiger partial charge in [0.15, 0.2) is 0 Å². The molecule has 9 nitrogen and oxygen atoms in total. The van der Waals surface area contributed by atoms with Gasteiger partial charge in [0.25, 0.3) is 21.8 Å². The van der Waals surface area contributed by atoms with E-state index >= 15 is 0 Å². The molecule has 2 aliphatic rings. The van der Waals surface area contributed by atoms with Crippen molar-refractivity contribution in [3.8, 4) is 6.07 Å². The van der Waals surface area contributed by atoms with Crippen LogP contribution in [0.15, 0.2) is 59.6 Å². The third kappa shape index (κ3) is 3.45. The fraction of sp³-hybridized carbons (Fsp3) is 0.143. The van der Waals surface area contributed by atoms with Crippen molar-refractivity contribution in [2.75, 3.05) is 4.72 Å². The van der Waals surface area contributed by atoms with Gasteiger partial charge >= 0.3 is 0 Å². The lowest BCUT2D eigenvalue weighted by molar-refractivity contribution is -0.125. The number of carbonyl (C=O) groups excluding carboxylic acids is 3. The first-order valence-electron chi connectivity index (χ1n) is 9.25. The normalized spacial score (nSPS) is 18.4. The van der Waals surface area contributed by atoms with Crippen LogP contribution in [0.4, 0.5) is 5.69 Å². The van der Waals surface area contributed by atoms with Crippen LogP contribution in [-0.2, 0) is 14.8 Å². The Balaban J connectivity index is 1.64. The summed E-state index contributed by atoms with van der Waals surface area (Å²) in [7, 11) is -4.11. The number of nitrogens with one attached hydrogen (secondary N) is 2. The average Bonchev–Trinajstić information content (AvgIpc) is 2.98. The van der Waals surface area contributed by atoms with Crippen LogP contribution >= 0.6 is 0 Å². The minimum Gasteiger partial charge on any atom is -0.329 e. The average molecular weight is 436 g/mol. The highest BCUT2D eigenvalue weighted by Gasteiger charge is 2.44. The third-order valence-electron chi connectivity index (χ3n) is 5.10. The van der Waals surface area contributed by atoms with E-state index in [1.807, 2.05) is 6.07 Å². The molecule has 1 saturated heterocycles. The molecule has 0 spiro atoms. The van der Waals surface area contributed by atoms with Crippen molar-refractivity contribution >= 4 is 33.4 Å². The van der Waals surface area contributed by atoms with Gasteiger partial charge in [0.2, 0.25) is 5.91 Å². The predicted molar refractivity (Wildman–Crippen MR) is 109 cm³/mol. The molecule has 2 N–H and O–H groups in total. The Morgan fingerprint density at radius 3 is 2.52 bits per heavy atom. The first kappa shape index (κ1) is 20.3. The molecule has 2 heterocycles. The van der Waals surface area contributed by atoms with Crippen molar-refractivity contribution in [2.24, 2.45) is 0 Å². The van der Waals surface area contributed by atoms with Crippen LogP contribution in [0.5, 0.6) is 0 Å². The molecule has 2 aliphatic heterocycles. The number of benzene rings is 2. The highest BCUT2D eigenvalue weighted by atomic mass is 32.2. The number of sulfonamides is 1. The largest absolute Gasteiger partial charge is 0.329 e. The number of allylic oxidation sites excluding steroid dienone is 1. The van der Waals surface area contributed by atoms with Gasteiger partial charge in [-0.1, -0.05) is 18.7 Å². The second kappa shape index (κ2) is 7.37. The Bertz CT molecular complexity index is 1310. The van der Waals surface area contributed by atoms with Gasteiger partial charge in [-0.15, -0.1) is 0 Å².